The summed E-state index contributed by atoms with van der Waals surface area (Å²) in [6.45, 7) is 0. The number of halogens is 4. The summed E-state index contributed by atoms with van der Waals surface area (Å²) in [7, 11) is 0. The second kappa shape index (κ2) is 9.05. The van der Waals surface area contributed by atoms with Crippen LogP contribution >= 0.6 is 23.2 Å². The lowest BCUT2D eigenvalue weighted by Gasteiger charge is -2.28. The summed E-state index contributed by atoms with van der Waals surface area (Å²) in [5.74, 6) is -0.365. The smallest absolute Gasteiger partial charge is 0.365 e. The third kappa shape index (κ3) is 4.65. The highest BCUT2D eigenvalue weighted by Crippen LogP contribution is 2.41. The summed E-state index contributed by atoms with van der Waals surface area (Å²) in [5, 5.41) is 9.87. The summed E-state index contributed by atoms with van der Waals surface area (Å²) in [4.78, 5) is 11.6. The van der Waals surface area contributed by atoms with Gasteiger partial charge in [-0.3, -0.25) is 0 Å². The van der Waals surface area contributed by atoms with Gasteiger partial charge in [-0.05, 0) is 47.9 Å². The van der Waals surface area contributed by atoms with Crippen LogP contribution in [-0.2, 0) is 17.6 Å². The number of carboxylic acid groups (broad SMARTS) is 1. The standard InChI is InChI=1S/C23H18Cl2FNO3.ClH/c24-19-11-15(26)10-18(21(19)25)17-3-1-2-4-20(17)30-16-6-5-13-7-8-23(27,22(28)29)12-14(13)9-16;/h1-6,9-11H,7-8,12,27H2,(H,28,29);1H. The number of quaternary nitrogens is 1. The molecule has 0 spiro atoms. The average molecular weight is 483 g/mol. The Morgan fingerprint density at radius 1 is 1.06 bits per heavy atom. The lowest BCUT2D eigenvalue weighted by Crippen LogP contribution is -3.00. The van der Waals surface area contributed by atoms with Crippen molar-refractivity contribution in [1.82, 2.24) is 0 Å². The monoisotopic (exact) mass is 481 g/mol. The Morgan fingerprint density at radius 2 is 1.81 bits per heavy atom. The fourth-order valence-corrected chi connectivity index (χ4v) is 4.16. The van der Waals surface area contributed by atoms with E-state index >= 15 is 0 Å². The summed E-state index contributed by atoms with van der Waals surface area (Å²) in [6, 6.07) is 15.2. The number of para-hydroxylation sites is 1. The molecule has 31 heavy (non-hydrogen) atoms. The van der Waals surface area contributed by atoms with Crippen LogP contribution in [0, 0.1) is 5.82 Å². The maximum absolute atomic E-state index is 13.9. The number of benzene rings is 3. The van der Waals surface area contributed by atoms with E-state index in [9.17, 15) is 14.3 Å². The Balaban J connectivity index is 0.00000272. The van der Waals surface area contributed by atoms with E-state index in [-0.39, 0.29) is 22.5 Å². The number of hydrogen-bond donors (Lipinski definition) is 2. The fraction of sp³-hybridized carbons (Fsp3) is 0.174. The van der Waals surface area contributed by atoms with Crippen LogP contribution in [0.4, 0.5) is 4.39 Å². The average Bonchev–Trinajstić information content (AvgIpc) is 2.71. The van der Waals surface area contributed by atoms with Gasteiger partial charge in [0.05, 0.1) is 10.0 Å². The molecule has 1 aliphatic carbocycles. The van der Waals surface area contributed by atoms with Crippen LogP contribution in [0.25, 0.3) is 11.1 Å². The normalized spacial score (nSPS) is 17.4. The molecule has 3 aromatic rings. The molecule has 3 aromatic carbocycles. The van der Waals surface area contributed by atoms with Gasteiger partial charge in [-0.25, -0.2) is 9.18 Å². The van der Waals surface area contributed by atoms with Crippen LogP contribution in [0.1, 0.15) is 17.5 Å². The zero-order valence-corrected chi connectivity index (χ0v) is 18.6. The number of carbonyl (C=O) groups is 1. The topological polar surface area (TPSA) is 74.2 Å². The summed E-state index contributed by atoms with van der Waals surface area (Å²) in [6.07, 6.45) is 1.48. The first kappa shape index (κ1) is 23.4. The Bertz CT molecular complexity index is 1150. The predicted molar refractivity (Wildman–Crippen MR) is 114 cm³/mol. The van der Waals surface area contributed by atoms with Crippen molar-refractivity contribution in [1.29, 1.82) is 0 Å². The third-order valence-corrected chi connectivity index (χ3v) is 6.23. The van der Waals surface area contributed by atoms with Gasteiger partial charge in [-0.1, -0.05) is 47.5 Å². The van der Waals surface area contributed by atoms with E-state index in [0.717, 1.165) is 17.2 Å². The van der Waals surface area contributed by atoms with Gasteiger partial charge in [0.15, 0.2) is 5.54 Å². The molecule has 8 heteroatoms. The minimum atomic E-state index is -1.03. The lowest BCUT2D eigenvalue weighted by molar-refractivity contribution is -0.464. The van der Waals surface area contributed by atoms with Crippen molar-refractivity contribution in [2.45, 2.75) is 24.8 Å². The maximum atomic E-state index is 13.9. The molecule has 0 aromatic heterocycles. The van der Waals surface area contributed by atoms with E-state index in [2.05, 4.69) is 5.73 Å². The van der Waals surface area contributed by atoms with Crippen molar-refractivity contribution in [3.8, 4) is 22.6 Å². The number of rotatable bonds is 4. The van der Waals surface area contributed by atoms with Crippen LogP contribution in [0.5, 0.6) is 11.5 Å². The van der Waals surface area contributed by atoms with Crippen LogP contribution in [0.15, 0.2) is 54.6 Å². The number of hydrogen-bond acceptors (Lipinski definition) is 2. The highest BCUT2D eigenvalue weighted by atomic mass is 35.5. The maximum Gasteiger partial charge on any atom is 0.365 e. The Kier molecular flexibility index (Phi) is 6.82. The van der Waals surface area contributed by atoms with Crippen LogP contribution < -0.4 is 22.9 Å². The molecular weight excluding hydrogens is 464 g/mol. The van der Waals surface area contributed by atoms with Crippen molar-refractivity contribution in [3.05, 3.63) is 81.6 Å². The SMILES string of the molecule is [Cl-].[NH3+]C1(C(=O)O)CCc2ccc(Oc3ccccc3-c3cc(F)cc(Cl)c3Cl)cc2C1. The highest BCUT2D eigenvalue weighted by molar-refractivity contribution is 6.43. The Morgan fingerprint density at radius 3 is 2.55 bits per heavy atom. The molecule has 0 saturated carbocycles. The minimum Gasteiger partial charge on any atom is -1.00 e. The Hall–Kier alpha value is -2.31. The molecule has 162 valence electrons. The van der Waals surface area contributed by atoms with Gasteiger partial charge < -0.3 is 28.0 Å². The molecule has 4 N–H and O–H groups in total. The molecular formula is C23H19Cl3FNO3. The first-order valence-electron chi connectivity index (χ1n) is 9.39. The number of aryl methyl sites for hydroxylation is 1. The molecule has 1 unspecified atom stereocenters. The molecule has 0 fully saturated rings. The number of carboxylic acids is 1. The Labute approximate surface area is 195 Å². The molecule has 0 saturated heterocycles. The zero-order valence-electron chi connectivity index (χ0n) is 16.3. The fourth-order valence-electron chi connectivity index (χ4n) is 3.74. The van der Waals surface area contributed by atoms with E-state index in [4.69, 9.17) is 27.9 Å². The summed E-state index contributed by atoms with van der Waals surface area (Å²) >= 11 is 12.4. The predicted octanol–water partition coefficient (Wildman–Crippen LogP) is 2.15. The number of aliphatic carboxylic acids is 1. The van der Waals surface area contributed by atoms with Gasteiger partial charge in [-0.15, -0.1) is 0 Å². The van der Waals surface area contributed by atoms with E-state index < -0.39 is 17.3 Å². The summed E-state index contributed by atoms with van der Waals surface area (Å²) in [5.41, 5.74) is 5.91. The largest absolute Gasteiger partial charge is 1.00 e. The first-order valence-corrected chi connectivity index (χ1v) is 10.1. The van der Waals surface area contributed by atoms with E-state index in [1.165, 1.54) is 6.07 Å². The lowest BCUT2D eigenvalue weighted by atomic mass is 9.78. The highest BCUT2D eigenvalue weighted by Gasteiger charge is 2.41. The van der Waals surface area contributed by atoms with Crippen LogP contribution in [-0.4, -0.2) is 16.6 Å². The quantitative estimate of drug-likeness (QED) is 0.560. The minimum absolute atomic E-state index is 0. The second-order valence-electron chi connectivity index (χ2n) is 7.54. The zero-order chi connectivity index (χ0) is 21.5. The van der Waals surface area contributed by atoms with Gasteiger partial charge in [0, 0.05) is 24.0 Å². The van der Waals surface area contributed by atoms with E-state index in [0.29, 0.717) is 41.9 Å². The molecule has 1 aliphatic rings. The molecule has 1 atom stereocenters. The van der Waals surface area contributed by atoms with Gasteiger partial charge in [0.2, 0.25) is 0 Å². The van der Waals surface area contributed by atoms with Gasteiger partial charge in [0.1, 0.15) is 17.3 Å². The van der Waals surface area contributed by atoms with Crippen LogP contribution in [0.3, 0.4) is 0 Å². The van der Waals surface area contributed by atoms with Crippen molar-refractivity contribution in [2.24, 2.45) is 0 Å². The molecule has 0 amide bonds. The van der Waals surface area contributed by atoms with Gasteiger partial charge in [-0.2, -0.15) is 0 Å². The van der Waals surface area contributed by atoms with E-state index in [1.807, 2.05) is 18.2 Å². The van der Waals surface area contributed by atoms with Gasteiger partial charge in [0.25, 0.3) is 0 Å². The van der Waals surface area contributed by atoms with Crippen LogP contribution in [0.2, 0.25) is 10.0 Å². The second-order valence-corrected chi connectivity index (χ2v) is 8.33. The number of fused-ring (bicyclic) bond motifs is 1. The molecule has 4 nitrogen and oxygen atoms in total. The molecule has 0 bridgehead atoms. The molecule has 4 rings (SSSR count). The molecule has 0 aliphatic heterocycles. The third-order valence-electron chi connectivity index (χ3n) is 5.43. The van der Waals surface area contributed by atoms with Crippen molar-refractivity contribution < 1.29 is 37.2 Å². The van der Waals surface area contributed by atoms with Gasteiger partial charge >= 0.3 is 5.97 Å². The summed E-state index contributed by atoms with van der Waals surface area (Å²) < 4.78 is 20.0. The first-order chi connectivity index (χ1) is 14.3. The van der Waals surface area contributed by atoms with E-state index in [1.54, 1.807) is 24.3 Å². The van der Waals surface area contributed by atoms with Crippen molar-refractivity contribution in [3.63, 3.8) is 0 Å². The van der Waals surface area contributed by atoms with Crippen molar-refractivity contribution in [2.75, 3.05) is 0 Å². The number of ether oxygens (including phenoxy) is 1. The van der Waals surface area contributed by atoms with Crippen molar-refractivity contribution >= 4 is 29.2 Å². The molecule has 0 radical (unpaired) electrons. The molecule has 0 heterocycles.